The standard InChI is InChI=1S/C27H46N6O5S2/c1-5-40(36,37)32-17-15-30(16-18-32)20-23-19-28-24(39-23)29-25(34)33(21-9-7-6-8-10-21)22-11-13-31(14-12-22)26(35)38-27(2,3)4/h19,21-22H,5-18,20H2,1-4H3,(H,28,29,34). The molecule has 3 aliphatic rings. The number of nitrogens with zero attached hydrogens (tertiary/aromatic N) is 5. The number of hydrogen-bond donors (Lipinski definition) is 1. The Balaban J connectivity index is 1.34. The second kappa shape index (κ2) is 13.3. The Bertz CT molecular complexity index is 1100. The third-order valence-electron chi connectivity index (χ3n) is 7.95. The number of likely N-dealkylation sites (tertiary alicyclic amines) is 1. The molecule has 13 heteroatoms. The van der Waals surface area contributed by atoms with E-state index in [0.29, 0.717) is 50.9 Å². The van der Waals surface area contributed by atoms with Crippen LogP contribution < -0.4 is 5.32 Å². The third-order valence-corrected chi connectivity index (χ3v) is 10.7. The van der Waals surface area contributed by atoms with Gasteiger partial charge in [0.25, 0.3) is 0 Å². The van der Waals surface area contributed by atoms with E-state index < -0.39 is 15.6 Å². The van der Waals surface area contributed by atoms with Gasteiger partial charge in [0, 0.05) is 69.0 Å². The number of hydrogen-bond acceptors (Lipinski definition) is 8. The molecule has 1 aromatic heterocycles. The topological polar surface area (TPSA) is 115 Å². The van der Waals surface area contributed by atoms with Crippen LogP contribution in [0.2, 0.25) is 0 Å². The molecular formula is C27H46N6O5S2. The molecule has 11 nitrogen and oxygen atoms in total. The van der Waals surface area contributed by atoms with E-state index >= 15 is 0 Å². The minimum atomic E-state index is -3.15. The van der Waals surface area contributed by atoms with Crippen LogP contribution >= 0.6 is 11.3 Å². The van der Waals surface area contributed by atoms with Gasteiger partial charge in [-0.3, -0.25) is 10.2 Å². The quantitative estimate of drug-likeness (QED) is 0.501. The molecule has 0 atom stereocenters. The van der Waals surface area contributed by atoms with Crippen molar-refractivity contribution >= 4 is 38.6 Å². The summed E-state index contributed by atoms with van der Waals surface area (Å²) >= 11 is 1.47. The molecule has 1 N–H and O–H groups in total. The first kappa shape index (κ1) is 31.0. The van der Waals surface area contributed by atoms with Crippen LogP contribution in [0.3, 0.4) is 0 Å². The lowest BCUT2D eigenvalue weighted by Crippen LogP contribution is -2.54. The van der Waals surface area contributed by atoms with Gasteiger partial charge in [0.05, 0.1) is 5.75 Å². The van der Waals surface area contributed by atoms with Gasteiger partial charge in [-0.2, -0.15) is 4.31 Å². The Hall–Kier alpha value is -1.96. The number of carbonyl (C=O) groups excluding carboxylic acids is 2. The van der Waals surface area contributed by atoms with Crippen LogP contribution in [0.5, 0.6) is 0 Å². The number of aromatic nitrogens is 1. The van der Waals surface area contributed by atoms with E-state index in [1.54, 1.807) is 22.3 Å². The number of piperazine rings is 1. The highest BCUT2D eigenvalue weighted by atomic mass is 32.2. The van der Waals surface area contributed by atoms with Gasteiger partial charge in [0.2, 0.25) is 10.0 Å². The molecule has 0 spiro atoms. The number of carbonyl (C=O) groups is 2. The van der Waals surface area contributed by atoms with Gasteiger partial charge in [0.1, 0.15) is 5.60 Å². The molecule has 40 heavy (non-hydrogen) atoms. The molecule has 1 aliphatic carbocycles. The minimum absolute atomic E-state index is 0.0666. The monoisotopic (exact) mass is 598 g/mol. The normalized spacial score (nSPS) is 20.9. The van der Waals surface area contributed by atoms with Crippen LogP contribution in [0, 0.1) is 0 Å². The lowest BCUT2D eigenvalue weighted by atomic mass is 9.91. The second-order valence-corrected chi connectivity index (χ2v) is 15.4. The van der Waals surface area contributed by atoms with Gasteiger partial charge < -0.3 is 14.5 Å². The van der Waals surface area contributed by atoms with E-state index in [-0.39, 0.29) is 30.0 Å². The van der Waals surface area contributed by atoms with Crippen molar-refractivity contribution in [2.24, 2.45) is 0 Å². The SMILES string of the molecule is CCS(=O)(=O)N1CCN(Cc2cnc(NC(=O)N(C3CCCCC3)C3CCN(C(=O)OC(C)(C)C)CC3)s2)CC1. The number of thiazole rings is 1. The number of amides is 3. The molecule has 3 amide bonds. The lowest BCUT2D eigenvalue weighted by Gasteiger charge is -2.43. The van der Waals surface area contributed by atoms with Crippen molar-refractivity contribution in [3.63, 3.8) is 0 Å². The van der Waals surface area contributed by atoms with Crippen molar-refractivity contribution in [3.05, 3.63) is 11.1 Å². The van der Waals surface area contributed by atoms with Crippen LogP contribution in [0.4, 0.5) is 14.7 Å². The zero-order valence-corrected chi connectivity index (χ0v) is 26.1. The second-order valence-electron chi connectivity index (χ2n) is 12.0. The maximum atomic E-state index is 13.7. The molecular weight excluding hydrogens is 552 g/mol. The smallest absolute Gasteiger partial charge is 0.410 e. The predicted octanol–water partition coefficient (Wildman–Crippen LogP) is 4.18. The number of anilines is 1. The first-order valence-electron chi connectivity index (χ1n) is 14.7. The molecule has 0 unspecified atom stereocenters. The summed E-state index contributed by atoms with van der Waals surface area (Å²) in [6, 6.07) is 0.153. The molecule has 226 valence electrons. The van der Waals surface area contributed by atoms with Crippen molar-refractivity contribution in [1.82, 2.24) is 24.0 Å². The van der Waals surface area contributed by atoms with Crippen molar-refractivity contribution in [2.45, 2.75) is 96.9 Å². The largest absolute Gasteiger partial charge is 0.444 e. The van der Waals surface area contributed by atoms with Gasteiger partial charge in [-0.25, -0.2) is 23.0 Å². The fourth-order valence-corrected chi connectivity index (χ4v) is 7.73. The number of sulfonamides is 1. The van der Waals surface area contributed by atoms with E-state index in [4.69, 9.17) is 4.74 Å². The van der Waals surface area contributed by atoms with Gasteiger partial charge >= 0.3 is 12.1 Å². The zero-order chi connectivity index (χ0) is 28.9. The first-order chi connectivity index (χ1) is 18.9. The molecule has 0 radical (unpaired) electrons. The van der Waals surface area contributed by atoms with Crippen molar-refractivity contribution in [3.8, 4) is 0 Å². The summed E-state index contributed by atoms with van der Waals surface area (Å²) in [5.41, 5.74) is -0.529. The Morgan fingerprint density at radius 2 is 1.65 bits per heavy atom. The zero-order valence-electron chi connectivity index (χ0n) is 24.4. The van der Waals surface area contributed by atoms with Gasteiger partial charge in [0.15, 0.2) is 5.13 Å². The third kappa shape index (κ3) is 8.29. The molecule has 3 fully saturated rings. The van der Waals surface area contributed by atoms with Crippen molar-refractivity contribution < 1.29 is 22.7 Å². The average Bonchev–Trinajstić information content (AvgIpc) is 3.35. The molecule has 0 bridgehead atoms. The van der Waals surface area contributed by atoms with Gasteiger partial charge in [-0.1, -0.05) is 19.3 Å². The number of ether oxygens (including phenoxy) is 1. The summed E-state index contributed by atoms with van der Waals surface area (Å²) in [6.45, 7) is 11.5. The first-order valence-corrected chi connectivity index (χ1v) is 17.1. The average molecular weight is 599 g/mol. The Labute approximate surface area is 243 Å². The summed E-state index contributed by atoms with van der Waals surface area (Å²) in [7, 11) is -3.15. The molecule has 0 aromatic carbocycles. The maximum Gasteiger partial charge on any atom is 0.410 e. The molecule has 2 saturated heterocycles. The van der Waals surface area contributed by atoms with Crippen LogP contribution in [-0.4, -0.2) is 107 Å². The summed E-state index contributed by atoms with van der Waals surface area (Å²) in [5, 5.41) is 3.66. The summed E-state index contributed by atoms with van der Waals surface area (Å²) in [6.07, 6.45) is 8.43. The molecule has 4 rings (SSSR count). The molecule has 1 saturated carbocycles. The number of rotatable bonds is 7. The van der Waals surface area contributed by atoms with Gasteiger partial charge in [-0.05, 0) is 53.4 Å². The summed E-state index contributed by atoms with van der Waals surface area (Å²) in [5.74, 6) is 0.131. The molecule has 2 aliphatic heterocycles. The van der Waals surface area contributed by atoms with E-state index in [0.717, 1.165) is 43.4 Å². The highest BCUT2D eigenvalue weighted by Gasteiger charge is 2.36. The highest BCUT2D eigenvalue weighted by molar-refractivity contribution is 7.89. The van der Waals surface area contributed by atoms with Gasteiger partial charge in [-0.15, -0.1) is 11.3 Å². The Morgan fingerprint density at radius 3 is 2.25 bits per heavy atom. The maximum absolute atomic E-state index is 13.7. The molecule has 3 heterocycles. The Kier molecular flexibility index (Phi) is 10.3. The summed E-state index contributed by atoms with van der Waals surface area (Å²) in [4.78, 5) is 37.8. The van der Waals surface area contributed by atoms with Crippen LogP contribution in [0.15, 0.2) is 6.20 Å². The minimum Gasteiger partial charge on any atom is -0.444 e. The summed E-state index contributed by atoms with van der Waals surface area (Å²) < 4.78 is 31.4. The van der Waals surface area contributed by atoms with Crippen molar-refractivity contribution in [2.75, 3.05) is 50.3 Å². The van der Waals surface area contributed by atoms with Crippen LogP contribution in [0.1, 0.15) is 77.5 Å². The van der Waals surface area contributed by atoms with Crippen LogP contribution in [-0.2, 0) is 21.3 Å². The van der Waals surface area contributed by atoms with Crippen LogP contribution in [0.25, 0.3) is 0 Å². The lowest BCUT2D eigenvalue weighted by molar-refractivity contribution is 0.0140. The fraction of sp³-hybridized carbons (Fsp3) is 0.815. The van der Waals surface area contributed by atoms with Crippen molar-refractivity contribution in [1.29, 1.82) is 0 Å². The number of piperidine rings is 1. The number of urea groups is 1. The predicted molar refractivity (Wildman–Crippen MR) is 157 cm³/mol. The fourth-order valence-electron chi connectivity index (χ4n) is 5.81. The van der Waals surface area contributed by atoms with E-state index in [9.17, 15) is 18.0 Å². The van der Waals surface area contributed by atoms with E-state index in [1.807, 2.05) is 25.7 Å². The van der Waals surface area contributed by atoms with E-state index in [1.165, 1.54) is 17.8 Å². The Morgan fingerprint density at radius 1 is 1.02 bits per heavy atom. The molecule has 1 aromatic rings. The highest BCUT2D eigenvalue weighted by Crippen LogP contribution is 2.30. The number of nitrogens with one attached hydrogen (secondary N) is 1. The van der Waals surface area contributed by atoms with E-state index in [2.05, 4.69) is 15.2 Å².